The molecule has 0 unspecified atom stereocenters. The van der Waals surface area contributed by atoms with Crippen LogP contribution >= 0.6 is 0 Å². The standard InChI is InChI=1S/C18H25N5O3S/c1-22(2)17-16(13-19-18(20-17)23-10-5-4-6-11-23)21-27(24,25)15-9-7-8-14(12-15)26-3/h7-9,12-13,21H,4-6,10-11H2,1-3H3. The maximum atomic E-state index is 12.8. The van der Waals surface area contributed by atoms with E-state index in [1.54, 1.807) is 17.0 Å². The van der Waals surface area contributed by atoms with Crippen LogP contribution in [0.25, 0.3) is 0 Å². The lowest BCUT2D eigenvalue weighted by molar-refractivity contribution is 0.413. The molecule has 2 aromatic rings. The van der Waals surface area contributed by atoms with E-state index in [4.69, 9.17) is 4.74 Å². The van der Waals surface area contributed by atoms with Crippen molar-refractivity contribution in [2.75, 3.05) is 48.8 Å². The van der Waals surface area contributed by atoms with Crippen molar-refractivity contribution in [1.29, 1.82) is 0 Å². The van der Waals surface area contributed by atoms with Gasteiger partial charge in [-0.2, -0.15) is 4.98 Å². The zero-order valence-corrected chi connectivity index (χ0v) is 16.7. The highest BCUT2D eigenvalue weighted by Crippen LogP contribution is 2.28. The van der Waals surface area contributed by atoms with Crippen LogP contribution in [0.15, 0.2) is 35.4 Å². The molecule has 2 heterocycles. The van der Waals surface area contributed by atoms with Crippen LogP contribution in [0.2, 0.25) is 0 Å². The van der Waals surface area contributed by atoms with E-state index < -0.39 is 10.0 Å². The van der Waals surface area contributed by atoms with E-state index in [-0.39, 0.29) is 4.90 Å². The number of aromatic nitrogens is 2. The molecule has 0 radical (unpaired) electrons. The molecule has 0 atom stereocenters. The molecule has 1 aliphatic heterocycles. The predicted octanol–water partition coefficient (Wildman–Crippen LogP) is 2.34. The van der Waals surface area contributed by atoms with E-state index in [1.807, 2.05) is 14.1 Å². The fraction of sp³-hybridized carbons (Fsp3) is 0.444. The van der Waals surface area contributed by atoms with E-state index >= 15 is 0 Å². The number of hydrogen-bond acceptors (Lipinski definition) is 7. The summed E-state index contributed by atoms with van der Waals surface area (Å²) in [5.41, 5.74) is 0.337. The zero-order chi connectivity index (χ0) is 19.4. The second-order valence-corrected chi connectivity index (χ2v) is 8.32. The van der Waals surface area contributed by atoms with Crippen LogP contribution < -0.4 is 19.3 Å². The van der Waals surface area contributed by atoms with E-state index in [2.05, 4.69) is 19.6 Å². The van der Waals surface area contributed by atoms with Gasteiger partial charge in [-0.15, -0.1) is 0 Å². The van der Waals surface area contributed by atoms with Crippen molar-refractivity contribution in [2.45, 2.75) is 24.2 Å². The summed E-state index contributed by atoms with van der Waals surface area (Å²) < 4.78 is 33.3. The van der Waals surface area contributed by atoms with Crippen molar-refractivity contribution in [3.63, 3.8) is 0 Å². The van der Waals surface area contributed by atoms with Gasteiger partial charge >= 0.3 is 0 Å². The molecule has 1 fully saturated rings. The Labute approximate surface area is 160 Å². The Hall–Kier alpha value is -2.55. The summed E-state index contributed by atoms with van der Waals surface area (Å²) in [5, 5.41) is 0. The van der Waals surface area contributed by atoms with Gasteiger partial charge in [-0.3, -0.25) is 4.72 Å². The molecule has 146 valence electrons. The molecule has 0 bridgehead atoms. The first-order chi connectivity index (χ1) is 12.9. The normalized spacial score (nSPS) is 14.7. The molecular weight excluding hydrogens is 366 g/mol. The molecule has 0 saturated carbocycles. The van der Waals surface area contributed by atoms with Crippen LogP contribution in [-0.2, 0) is 10.0 Å². The van der Waals surface area contributed by atoms with Gasteiger partial charge in [0.05, 0.1) is 18.2 Å². The fourth-order valence-electron chi connectivity index (χ4n) is 3.00. The highest BCUT2D eigenvalue weighted by Gasteiger charge is 2.21. The van der Waals surface area contributed by atoms with E-state index in [0.717, 1.165) is 25.9 Å². The fourth-order valence-corrected chi connectivity index (χ4v) is 4.08. The number of hydrogen-bond donors (Lipinski definition) is 1. The van der Waals surface area contributed by atoms with Gasteiger partial charge in [0.15, 0.2) is 5.82 Å². The Morgan fingerprint density at radius 1 is 1.19 bits per heavy atom. The lowest BCUT2D eigenvalue weighted by Crippen LogP contribution is -2.31. The molecule has 9 heteroatoms. The molecule has 1 aromatic carbocycles. The second kappa shape index (κ2) is 7.99. The second-order valence-electron chi connectivity index (χ2n) is 6.63. The number of ether oxygens (including phenoxy) is 1. The van der Waals surface area contributed by atoms with E-state index in [9.17, 15) is 8.42 Å². The van der Waals surface area contributed by atoms with Crippen LogP contribution in [-0.4, -0.2) is 52.7 Å². The van der Waals surface area contributed by atoms with Gasteiger partial charge < -0.3 is 14.5 Å². The van der Waals surface area contributed by atoms with Gasteiger partial charge in [-0.1, -0.05) is 6.07 Å². The molecule has 0 amide bonds. The average molecular weight is 391 g/mol. The summed E-state index contributed by atoms with van der Waals surface area (Å²) in [5.74, 6) is 1.63. The molecular formula is C18H25N5O3S. The number of anilines is 3. The molecule has 1 aromatic heterocycles. The minimum Gasteiger partial charge on any atom is -0.497 e. The molecule has 3 rings (SSSR count). The first kappa shape index (κ1) is 19.2. The largest absolute Gasteiger partial charge is 0.497 e. The smallest absolute Gasteiger partial charge is 0.262 e. The Kier molecular flexibility index (Phi) is 5.69. The quantitative estimate of drug-likeness (QED) is 0.809. The van der Waals surface area contributed by atoms with Crippen molar-refractivity contribution in [3.05, 3.63) is 30.5 Å². The molecule has 1 N–H and O–H groups in total. The molecule has 0 aliphatic carbocycles. The number of nitrogens with zero attached hydrogens (tertiary/aromatic N) is 4. The predicted molar refractivity (Wildman–Crippen MR) is 106 cm³/mol. The first-order valence-electron chi connectivity index (χ1n) is 8.87. The number of benzene rings is 1. The van der Waals surface area contributed by atoms with Crippen LogP contribution in [0.4, 0.5) is 17.5 Å². The number of nitrogens with one attached hydrogen (secondary N) is 1. The Bertz CT molecular complexity index is 896. The van der Waals surface area contributed by atoms with Crippen molar-refractivity contribution in [3.8, 4) is 5.75 Å². The third-order valence-electron chi connectivity index (χ3n) is 4.41. The van der Waals surface area contributed by atoms with Crippen molar-refractivity contribution >= 4 is 27.5 Å². The Balaban J connectivity index is 1.91. The average Bonchev–Trinajstić information content (AvgIpc) is 2.68. The van der Waals surface area contributed by atoms with Gasteiger partial charge in [0.1, 0.15) is 11.4 Å². The van der Waals surface area contributed by atoms with Crippen molar-refractivity contribution < 1.29 is 13.2 Å². The minimum atomic E-state index is -3.79. The Morgan fingerprint density at radius 3 is 2.59 bits per heavy atom. The number of rotatable bonds is 6. The summed E-state index contributed by atoms with van der Waals surface area (Å²) in [7, 11) is 1.36. The molecule has 8 nitrogen and oxygen atoms in total. The van der Waals surface area contributed by atoms with Gasteiger partial charge in [0.2, 0.25) is 5.95 Å². The summed E-state index contributed by atoms with van der Waals surface area (Å²) in [6.45, 7) is 1.84. The first-order valence-corrected chi connectivity index (χ1v) is 10.4. The number of piperidine rings is 1. The van der Waals surface area contributed by atoms with Crippen LogP contribution in [0, 0.1) is 0 Å². The van der Waals surface area contributed by atoms with E-state index in [1.165, 1.54) is 31.9 Å². The molecule has 1 aliphatic rings. The third kappa shape index (κ3) is 4.41. The lowest BCUT2D eigenvalue weighted by Gasteiger charge is -2.28. The summed E-state index contributed by atoms with van der Waals surface area (Å²) in [4.78, 5) is 13.0. The number of sulfonamides is 1. The van der Waals surface area contributed by atoms with Gasteiger partial charge in [-0.05, 0) is 31.4 Å². The van der Waals surface area contributed by atoms with Crippen molar-refractivity contribution in [2.24, 2.45) is 0 Å². The SMILES string of the molecule is COc1cccc(S(=O)(=O)Nc2cnc(N3CCCCC3)nc2N(C)C)c1. The summed E-state index contributed by atoms with van der Waals surface area (Å²) in [6.07, 6.45) is 4.98. The van der Waals surface area contributed by atoms with Gasteiger partial charge in [0.25, 0.3) is 10.0 Å². The van der Waals surface area contributed by atoms with Crippen molar-refractivity contribution in [1.82, 2.24) is 9.97 Å². The maximum absolute atomic E-state index is 12.8. The molecule has 1 saturated heterocycles. The monoisotopic (exact) mass is 391 g/mol. The third-order valence-corrected chi connectivity index (χ3v) is 5.78. The number of methoxy groups -OCH3 is 1. The van der Waals surface area contributed by atoms with Crippen LogP contribution in [0.5, 0.6) is 5.75 Å². The van der Waals surface area contributed by atoms with Gasteiger partial charge in [0, 0.05) is 33.3 Å². The summed E-state index contributed by atoms with van der Waals surface area (Å²) in [6, 6.07) is 6.32. The lowest BCUT2D eigenvalue weighted by atomic mass is 10.1. The van der Waals surface area contributed by atoms with Gasteiger partial charge in [-0.25, -0.2) is 13.4 Å². The highest BCUT2D eigenvalue weighted by atomic mass is 32.2. The highest BCUT2D eigenvalue weighted by molar-refractivity contribution is 7.92. The molecule has 0 spiro atoms. The van der Waals surface area contributed by atoms with Crippen LogP contribution in [0.1, 0.15) is 19.3 Å². The topological polar surface area (TPSA) is 87.7 Å². The Morgan fingerprint density at radius 2 is 1.93 bits per heavy atom. The molecule has 27 heavy (non-hydrogen) atoms. The zero-order valence-electron chi connectivity index (χ0n) is 15.8. The summed E-state index contributed by atoms with van der Waals surface area (Å²) >= 11 is 0. The van der Waals surface area contributed by atoms with E-state index in [0.29, 0.717) is 23.2 Å². The van der Waals surface area contributed by atoms with Crippen LogP contribution in [0.3, 0.4) is 0 Å². The minimum absolute atomic E-state index is 0.117. The maximum Gasteiger partial charge on any atom is 0.262 e.